The summed E-state index contributed by atoms with van der Waals surface area (Å²) in [6.45, 7) is 13.3. The van der Waals surface area contributed by atoms with E-state index in [4.69, 9.17) is 18.4 Å². The summed E-state index contributed by atoms with van der Waals surface area (Å²) in [5.74, 6) is 1.38. The summed E-state index contributed by atoms with van der Waals surface area (Å²) in [4.78, 5) is 15.2. The molecule has 0 fully saturated rings. The summed E-state index contributed by atoms with van der Waals surface area (Å²) in [5.41, 5.74) is 0. The van der Waals surface area contributed by atoms with Gasteiger partial charge in [0.25, 0.3) is 0 Å². The molecule has 0 bridgehead atoms. The number of hydrogen-bond donors (Lipinski definition) is 0. The van der Waals surface area contributed by atoms with Gasteiger partial charge in [-0.15, -0.1) is 0 Å². The molecule has 0 aliphatic carbocycles. The van der Waals surface area contributed by atoms with E-state index < -0.39 is 10.3 Å². The van der Waals surface area contributed by atoms with Gasteiger partial charge in [0.05, 0.1) is 18.3 Å². The fourth-order valence-corrected chi connectivity index (χ4v) is 7.00. The average molecular weight is 497 g/mol. The fourth-order valence-electron chi connectivity index (χ4n) is 3.77. The van der Waals surface area contributed by atoms with Crippen LogP contribution in [0, 0.1) is 0 Å². The van der Waals surface area contributed by atoms with Crippen LogP contribution < -0.4 is 14.2 Å². The third kappa shape index (κ3) is 6.31. The maximum Gasteiger partial charge on any atom is 0.313 e. The van der Waals surface area contributed by atoms with Gasteiger partial charge in [-0.1, -0.05) is 36.4 Å². The quantitative estimate of drug-likeness (QED) is 0.286. The Morgan fingerprint density at radius 3 is 1.40 bits per heavy atom. The largest absolute Gasteiger partial charge is 0.491 e. The van der Waals surface area contributed by atoms with Crippen LogP contribution in [0.1, 0.15) is 48.5 Å². The predicted molar refractivity (Wildman–Crippen MR) is 141 cm³/mol. The third-order valence-electron chi connectivity index (χ3n) is 4.77. The molecule has 5 nitrogen and oxygen atoms in total. The summed E-state index contributed by atoms with van der Waals surface area (Å²) in [6.07, 6.45) is -0.291. The van der Waals surface area contributed by atoms with Crippen molar-refractivity contribution in [2.24, 2.45) is 0 Å². The van der Waals surface area contributed by atoms with Crippen molar-refractivity contribution in [2.45, 2.75) is 81.5 Å². The van der Waals surface area contributed by atoms with Crippen molar-refractivity contribution >= 4 is 16.3 Å². The third-order valence-corrected chi connectivity index (χ3v) is 8.11. The summed E-state index contributed by atoms with van der Waals surface area (Å²) in [6, 6.07) is 23.4. The number of rotatable bonds is 10. The van der Waals surface area contributed by atoms with Crippen LogP contribution in [0.3, 0.4) is 0 Å². The Morgan fingerprint density at radius 1 is 0.657 bits per heavy atom. The lowest BCUT2D eigenvalue weighted by molar-refractivity contribution is -0.131. The van der Waals surface area contributed by atoms with E-state index in [-0.39, 0.29) is 24.3 Å². The molecule has 0 aliphatic rings. The van der Waals surface area contributed by atoms with Crippen molar-refractivity contribution in [1.29, 1.82) is 0 Å². The van der Waals surface area contributed by atoms with Crippen molar-refractivity contribution < 1.29 is 23.2 Å². The molecule has 0 aromatic heterocycles. The molecule has 188 valence electrons. The van der Waals surface area contributed by atoms with Crippen LogP contribution in [-0.2, 0) is 8.98 Å². The zero-order valence-corrected chi connectivity index (χ0v) is 22.4. The van der Waals surface area contributed by atoms with E-state index in [0.29, 0.717) is 22.1 Å². The number of carbonyl (C=O) groups excluding carboxylic acids is 1. The van der Waals surface area contributed by atoms with Crippen molar-refractivity contribution in [3.8, 4) is 17.2 Å². The molecule has 0 atom stereocenters. The zero-order valence-electron chi connectivity index (χ0n) is 21.6. The highest BCUT2D eigenvalue weighted by molar-refractivity contribution is 8.30. The van der Waals surface area contributed by atoms with Gasteiger partial charge in [-0.3, -0.25) is 4.79 Å². The van der Waals surface area contributed by atoms with Gasteiger partial charge in [0.1, 0.15) is 22.1 Å². The van der Waals surface area contributed by atoms with E-state index in [0.717, 1.165) is 9.79 Å². The van der Waals surface area contributed by atoms with E-state index >= 15 is 0 Å². The van der Waals surface area contributed by atoms with Gasteiger partial charge in [-0.05, 0) is 65.8 Å². The molecule has 3 aromatic carbocycles. The molecule has 0 saturated heterocycles. The van der Waals surface area contributed by atoms with Crippen molar-refractivity contribution in [1.82, 2.24) is 0 Å². The van der Waals surface area contributed by atoms with Crippen molar-refractivity contribution in [3.05, 3.63) is 72.8 Å². The smallest absolute Gasteiger partial charge is 0.313 e. The maximum atomic E-state index is 12.8. The average Bonchev–Trinajstić information content (AvgIpc) is 2.77. The highest BCUT2D eigenvalue weighted by atomic mass is 32.3. The summed E-state index contributed by atoms with van der Waals surface area (Å²) < 4.78 is 25.2. The molecule has 6 heteroatoms. The highest BCUT2D eigenvalue weighted by Gasteiger charge is 2.41. The minimum Gasteiger partial charge on any atom is -0.491 e. The van der Waals surface area contributed by atoms with Gasteiger partial charge in [-0.25, -0.2) is 0 Å². The van der Waals surface area contributed by atoms with Crippen molar-refractivity contribution in [3.63, 3.8) is 0 Å². The van der Waals surface area contributed by atoms with E-state index in [1.807, 2.05) is 114 Å². The first-order chi connectivity index (χ1) is 16.6. The second kappa shape index (κ2) is 11.5. The fraction of sp³-hybridized carbons (Fsp3) is 0.345. The maximum absolute atomic E-state index is 12.8. The van der Waals surface area contributed by atoms with Gasteiger partial charge in [0.15, 0.2) is 0 Å². The van der Waals surface area contributed by atoms with Crippen LogP contribution in [0.4, 0.5) is 0 Å². The van der Waals surface area contributed by atoms with E-state index in [2.05, 4.69) is 0 Å². The lowest BCUT2D eigenvalue weighted by Crippen LogP contribution is -2.18. The monoisotopic (exact) mass is 496 g/mol. The molecule has 3 aromatic rings. The Bertz CT molecular complexity index is 1040. The molecule has 0 amide bonds. The molecular weight excluding hydrogens is 460 g/mol. The van der Waals surface area contributed by atoms with Gasteiger partial charge in [-0.2, -0.15) is 0 Å². The highest BCUT2D eigenvalue weighted by Crippen LogP contribution is 2.73. The number of hydrogen-bond acceptors (Lipinski definition) is 5. The Balaban J connectivity index is 2.50. The van der Waals surface area contributed by atoms with E-state index in [9.17, 15) is 4.79 Å². The lowest BCUT2D eigenvalue weighted by Gasteiger charge is -2.41. The van der Waals surface area contributed by atoms with Gasteiger partial charge in [0.2, 0.25) is 0 Å². The van der Waals surface area contributed by atoms with Gasteiger partial charge >= 0.3 is 5.97 Å². The topological polar surface area (TPSA) is 54.0 Å². The molecule has 0 spiro atoms. The Labute approximate surface area is 210 Å². The predicted octanol–water partition coefficient (Wildman–Crippen LogP) is 7.81. The Kier molecular flexibility index (Phi) is 8.73. The molecule has 3 rings (SSSR count). The van der Waals surface area contributed by atoms with Crippen LogP contribution in [0.5, 0.6) is 17.2 Å². The lowest BCUT2D eigenvalue weighted by atomic mass is 10.2. The molecule has 0 radical (unpaired) electrons. The standard InChI is InChI=1S/C29H36O5S/c1-20(2)31-24-18-27(32-21(3)4)29(28(19-24)33-22(5)6)35(34-23(7)30,25-14-10-8-11-15-25)26-16-12-9-13-17-26/h8-22H,1-7H3. The van der Waals surface area contributed by atoms with Crippen LogP contribution >= 0.6 is 10.3 Å². The molecule has 35 heavy (non-hydrogen) atoms. The second-order valence-electron chi connectivity index (χ2n) is 9.01. The second-order valence-corrected chi connectivity index (χ2v) is 11.6. The van der Waals surface area contributed by atoms with Crippen LogP contribution in [0.25, 0.3) is 0 Å². The minimum atomic E-state index is -2.58. The first kappa shape index (κ1) is 26.5. The Hall–Kier alpha value is -3.12. The first-order valence-corrected chi connectivity index (χ1v) is 13.5. The SMILES string of the molecule is CC(=O)OS(c1ccccc1)(c1ccccc1)c1c(OC(C)C)cc(OC(C)C)cc1OC(C)C. The first-order valence-electron chi connectivity index (χ1n) is 11.9. The molecule has 0 aliphatic heterocycles. The van der Waals surface area contributed by atoms with E-state index in [1.165, 1.54) is 6.92 Å². The Morgan fingerprint density at radius 2 is 1.06 bits per heavy atom. The van der Waals surface area contributed by atoms with Gasteiger partial charge in [0, 0.05) is 39.2 Å². The molecule has 0 unspecified atom stereocenters. The molecule has 0 N–H and O–H groups in total. The van der Waals surface area contributed by atoms with Crippen LogP contribution in [0.2, 0.25) is 0 Å². The van der Waals surface area contributed by atoms with Crippen LogP contribution in [-0.4, -0.2) is 24.3 Å². The zero-order chi connectivity index (χ0) is 25.6. The minimum absolute atomic E-state index is 0.0338. The molecule has 0 heterocycles. The molecule has 0 saturated carbocycles. The number of ether oxygens (including phenoxy) is 3. The summed E-state index contributed by atoms with van der Waals surface area (Å²) in [5, 5.41) is 0. The number of carbonyl (C=O) groups is 1. The number of benzene rings is 3. The van der Waals surface area contributed by atoms with Gasteiger partial charge < -0.3 is 18.4 Å². The summed E-state index contributed by atoms with van der Waals surface area (Å²) in [7, 11) is -2.58. The normalized spacial score (nSPS) is 12.1. The molecular formula is C29H36O5S. The van der Waals surface area contributed by atoms with E-state index in [1.54, 1.807) is 0 Å². The van der Waals surface area contributed by atoms with Crippen molar-refractivity contribution in [2.75, 3.05) is 0 Å². The summed E-state index contributed by atoms with van der Waals surface area (Å²) >= 11 is 0. The van der Waals surface area contributed by atoms with Crippen LogP contribution in [0.15, 0.2) is 87.5 Å².